The molecule has 7 heteroatoms. The number of carbonyl (C=O) groups is 1. The van der Waals surface area contributed by atoms with Crippen molar-refractivity contribution in [2.75, 3.05) is 17.2 Å². The Morgan fingerprint density at radius 2 is 1.82 bits per heavy atom. The lowest BCUT2D eigenvalue weighted by Gasteiger charge is -2.30. The predicted octanol–water partition coefficient (Wildman–Crippen LogP) is 3.08. The highest BCUT2D eigenvalue weighted by Crippen LogP contribution is 2.32. The third kappa shape index (κ3) is 3.64. The zero-order valence-electron chi connectivity index (χ0n) is 15.7. The average molecular weight is 400 g/mol. The van der Waals surface area contributed by atoms with E-state index in [9.17, 15) is 13.2 Å². The molecule has 3 N–H and O–H groups in total. The second-order valence-electron chi connectivity index (χ2n) is 7.54. The molecule has 1 saturated carbocycles. The summed E-state index contributed by atoms with van der Waals surface area (Å²) < 4.78 is 28.2. The Bertz CT molecular complexity index is 998. The standard InChI is InChI=1S/C21H25N3O3S/c22-19-11-4-12-20-18(19)10-5-13-24(20)21(25)15-6-3-9-17(14-15)28(26,27)23-16-7-1-2-8-16/h3-4,6,9,11-12,14,16,23H,1-2,5,7-8,10,13,22H2. The molecule has 4 rings (SSSR count). The number of rotatable bonds is 4. The summed E-state index contributed by atoms with van der Waals surface area (Å²) in [5.74, 6) is -0.204. The highest BCUT2D eigenvalue weighted by molar-refractivity contribution is 7.89. The molecule has 2 aromatic rings. The van der Waals surface area contributed by atoms with Crippen LogP contribution in [0.2, 0.25) is 0 Å². The monoisotopic (exact) mass is 399 g/mol. The van der Waals surface area contributed by atoms with Gasteiger partial charge in [-0.2, -0.15) is 0 Å². The lowest BCUT2D eigenvalue weighted by Crippen LogP contribution is -2.36. The maximum atomic E-state index is 13.2. The first-order chi connectivity index (χ1) is 13.5. The average Bonchev–Trinajstić information content (AvgIpc) is 3.20. The van der Waals surface area contributed by atoms with Gasteiger partial charge in [0.05, 0.1) is 4.90 Å². The fraction of sp³-hybridized carbons (Fsp3) is 0.381. The number of hydrogen-bond donors (Lipinski definition) is 2. The molecular formula is C21H25N3O3S. The van der Waals surface area contributed by atoms with Crippen LogP contribution < -0.4 is 15.4 Å². The molecule has 0 bridgehead atoms. The van der Waals surface area contributed by atoms with E-state index in [1.54, 1.807) is 17.0 Å². The van der Waals surface area contributed by atoms with Crippen LogP contribution in [0.4, 0.5) is 11.4 Å². The van der Waals surface area contributed by atoms with E-state index >= 15 is 0 Å². The van der Waals surface area contributed by atoms with Crippen molar-refractivity contribution in [3.8, 4) is 0 Å². The third-order valence-electron chi connectivity index (χ3n) is 5.60. The molecule has 2 aromatic carbocycles. The Kier molecular flexibility index (Phi) is 5.12. The highest BCUT2D eigenvalue weighted by atomic mass is 32.2. The number of nitrogen functional groups attached to an aromatic ring is 1. The Labute approximate surface area is 165 Å². The molecule has 28 heavy (non-hydrogen) atoms. The predicted molar refractivity (Wildman–Crippen MR) is 110 cm³/mol. The number of anilines is 2. The Morgan fingerprint density at radius 3 is 2.61 bits per heavy atom. The van der Waals surface area contributed by atoms with Crippen LogP contribution in [0.25, 0.3) is 0 Å². The van der Waals surface area contributed by atoms with E-state index in [0.29, 0.717) is 17.8 Å². The number of hydrogen-bond acceptors (Lipinski definition) is 4. The van der Waals surface area contributed by atoms with Gasteiger partial charge in [-0.15, -0.1) is 0 Å². The topological polar surface area (TPSA) is 92.5 Å². The molecule has 0 atom stereocenters. The second kappa shape index (κ2) is 7.56. The van der Waals surface area contributed by atoms with E-state index in [4.69, 9.17) is 5.73 Å². The zero-order chi connectivity index (χ0) is 19.7. The van der Waals surface area contributed by atoms with Crippen molar-refractivity contribution < 1.29 is 13.2 Å². The number of sulfonamides is 1. The summed E-state index contributed by atoms with van der Waals surface area (Å²) in [4.78, 5) is 15.0. The summed E-state index contributed by atoms with van der Waals surface area (Å²) in [7, 11) is -3.64. The highest BCUT2D eigenvalue weighted by Gasteiger charge is 2.27. The van der Waals surface area contributed by atoms with Crippen LogP contribution in [0.15, 0.2) is 47.4 Å². The molecule has 0 saturated heterocycles. The van der Waals surface area contributed by atoms with E-state index in [1.807, 2.05) is 18.2 Å². The molecular weight excluding hydrogens is 374 g/mol. The lowest BCUT2D eigenvalue weighted by atomic mass is 9.99. The maximum Gasteiger partial charge on any atom is 0.258 e. The van der Waals surface area contributed by atoms with Gasteiger partial charge in [0.25, 0.3) is 5.91 Å². The third-order valence-corrected chi connectivity index (χ3v) is 7.12. The summed E-state index contributed by atoms with van der Waals surface area (Å²) in [6, 6.07) is 11.9. The van der Waals surface area contributed by atoms with Gasteiger partial charge in [0, 0.05) is 29.5 Å². The number of nitrogens with one attached hydrogen (secondary N) is 1. The van der Waals surface area contributed by atoms with Crippen molar-refractivity contribution in [1.29, 1.82) is 0 Å². The Hall–Kier alpha value is -2.38. The minimum atomic E-state index is -3.64. The maximum absolute atomic E-state index is 13.2. The van der Waals surface area contributed by atoms with Gasteiger partial charge in [-0.05, 0) is 61.6 Å². The van der Waals surface area contributed by atoms with Gasteiger partial charge in [0.2, 0.25) is 10.0 Å². The largest absolute Gasteiger partial charge is 0.398 e. The van der Waals surface area contributed by atoms with Gasteiger partial charge in [-0.3, -0.25) is 4.79 Å². The number of benzene rings is 2. The first kappa shape index (κ1) is 19.0. The SMILES string of the molecule is Nc1cccc2c1CCCN2C(=O)c1cccc(S(=O)(=O)NC2CCCC2)c1. The summed E-state index contributed by atoms with van der Waals surface area (Å²) in [6.45, 7) is 0.590. The molecule has 1 fully saturated rings. The fourth-order valence-electron chi connectivity index (χ4n) is 4.15. The van der Waals surface area contributed by atoms with Crippen LogP contribution in [0.1, 0.15) is 48.0 Å². The summed E-state index contributed by atoms with van der Waals surface area (Å²) in [5.41, 5.74) is 8.92. The number of fused-ring (bicyclic) bond motifs is 1. The van der Waals surface area contributed by atoms with Gasteiger partial charge < -0.3 is 10.6 Å². The van der Waals surface area contributed by atoms with E-state index in [0.717, 1.165) is 49.8 Å². The second-order valence-corrected chi connectivity index (χ2v) is 9.25. The molecule has 0 unspecified atom stereocenters. The van der Waals surface area contributed by atoms with Crippen LogP contribution in [0.5, 0.6) is 0 Å². The molecule has 148 valence electrons. The van der Waals surface area contributed by atoms with Crippen LogP contribution in [-0.4, -0.2) is 26.9 Å². The molecule has 2 aliphatic rings. The van der Waals surface area contributed by atoms with Crippen LogP contribution in [0, 0.1) is 0 Å². The summed E-state index contributed by atoms with van der Waals surface area (Å²) >= 11 is 0. The van der Waals surface area contributed by atoms with E-state index in [1.165, 1.54) is 12.1 Å². The number of amides is 1. The number of nitrogens with two attached hydrogens (primary N) is 1. The molecule has 1 amide bonds. The van der Waals surface area contributed by atoms with Gasteiger partial charge >= 0.3 is 0 Å². The van der Waals surface area contributed by atoms with Crippen LogP contribution in [0.3, 0.4) is 0 Å². The van der Waals surface area contributed by atoms with Crippen molar-refractivity contribution in [2.24, 2.45) is 0 Å². The molecule has 1 heterocycles. The van der Waals surface area contributed by atoms with Crippen molar-refractivity contribution in [3.05, 3.63) is 53.6 Å². The van der Waals surface area contributed by atoms with Gasteiger partial charge in [-0.1, -0.05) is 25.0 Å². The van der Waals surface area contributed by atoms with Gasteiger partial charge in [0.15, 0.2) is 0 Å². The van der Waals surface area contributed by atoms with Crippen molar-refractivity contribution in [3.63, 3.8) is 0 Å². The Balaban J connectivity index is 1.62. The fourth-order valence-corrected chi connectivity index (χ4v) is 5.50. The summed E-state index contributed by atoms with van der Waals surface area (Å²) in [6.07, 6.45) is 5.49. The van der Waals surface area contributed by atoms with Crippen LogP contribution >= 0.6 is 0 Å². The molecule has 1 aliphatic heterocycles. The number of carbonyl (C=O) groups excluding carboxylic acids is 1. The molecule has 0 spiro atoms. The number of nitrogens with zero attached hydrogens (tertiary/aromatic N) is 1. The van der Waals surface area contributed by atoms with Crippen molar-refractivity contribution in [2.45, 2.75) is 49.5 Å². The molecule has 0 radical (unpaired) electrons. The quantitative estimate of drug-likeness (QED) is 0.773. The minimum absolute atomic E-state index is 0.0127. The van der Waals surface area contributed by atoms with Crippen LogP contribution in [-0.2, 0) is 16.4 Å². The smallest absolute Gasteiger partial charge is 0.258 e. The lowest BCUT2D eigenvalue weighted by molar-refractivity contribution is 0.0985. The molecule has 0 aromatic heterocycles. The first-order valence-electron chi connectivity index (χ1n) is 9.77. The Morgan fingerprint density at radius 1 is 1.07 bits per heavy atom. The van der Waals surface area contributed by atoms with E-state index < -0.39 is 10.0 Å². The molecule has 1 aliphatic carbocycles. The summed E-state index contributed by atoms with van der Waals surface area (Å²) in [5, 5.41) is 0. The van der Waals surface area contributed by atoms with Crippen molar-refractivity contribution in [1.82, 2.24) is 4.72 Å². The molecule has 6 nitrogen and oxygen atoms in total. The normalized spacial score (nSPS) is 17.5. The van der Waals surface area contributed by atoms with Crippen molar-refractivity contribution >= 4 is 27.3 Å². The first-order valence-corrected chi connectivity index (χ1v) is 11.3. The zero-order valence-corrected chi connectivity index (χ0v) is 16.5. The van der Waals surface area contributed by atoms with E-state index in [2.05, 4.69) is 4.72 Å². The van der Waals surface area contributed by atoms with E-state index in [-0.39, 0.29) is 16.8 Å². The van der Waals surface area contributed by atoms with Gasteiger partial charge in [-0.25, -0.2) is 13.1 Å². The van der Waals surface area contributed by atoms with Gasteiger partial charge in [0.1, 0.15) is 0 Å². The minimum Gasteiger partial charge on any atom is -0.398 e.